The van der Waals surface area contributed by atoms with E-state index in [9.17, 15) is 4.79 Å². The van der Waals surface area contributed by atoms with Gasteiger partial charge < -0.3 is 20.1 Å². The zero-order valence-corrected chi connectivity index (χ0v) is 18.1. The number of amides is 1. The fraction of sp³-hybridized carbons (Fsp3) is 0.261. The van der Waals surface area contributed by atoms with Crippen molar-refractivity contribution in [3.8, 4) is 0 Å². The zero-order chi connectivity index (χ0) is 21.3. The molecule has 7 heteroatoms. The summed E-state index contributed by atoms with van der Waals surface area (Å²) in [4.78, 5) is 19.4. The van der Waals surface area contributed by atoms with Crippen LogP contribution in [0.2, 0.25) is 0 Å². The predicted molar refractivity (Wildman–Crippen MR) is 122 cm³/mol. The Balaban J connectivity index is 1.67. The summed E-state index contributed by atoms with van der Waals surface area (Å²) in [6.07, 6.45) is 1.78. The number of aromatic nitrogens is 2. The summed E-state index contributed by atoms with van der Waals surface area (Å²) in [6.45, 7) is 4.34. The van der Waals surface area contributed by atoms with Crippen LogP contribution >= 0.6 is 12.2 Å². The minimum Gasteiger partial charge on any atom is -0.352 e. The van der Waals surface area contributed by atoms with E-state index in [2.05, 4.69) is 47.1 Å². The minimum atomic E-state index is -0.135. The van der Waals surface area contributed by atoms with Crippen molar-refractivity contribution in [2.24, 2.45) is 7.05 Å². The van der Waals surface area contributed by atoms with Crippen LogP contribution in [-0.4, -0.2) is 32.0 Å². The summed E-state index contributed by atoms with van der Waals surface area (Å²) in [5.41, 5.74) is 5.12. The van der Waals surface area contributed by atoms with Crippen molar-refractivity contribution in [1.82, 2.24) is 19.8 Å². The Morgan fingerprint density at radius 2 is 1.90 bits per heavy atom. The SMILES string of the molecule is Cc1cc([C@@H]2[C@@H](c3ccccn3)NC(=S)N2CC(=O)Nc2ccccc2)c(C)n1C. The second kappa shape index (κ2) is 8.28. The zero-order valence-electron chi connectivity index (χ0n) is 17.3. The highest BCUT2D eigenvalue weighted by Crippen LogP contribution is 2.40. The van der Waals surface area contributed by atoms with Crippen molar-refractivity contribution >= 4 is 28.9 Å². The first-order valence-corrected chi connectivity index (χ1v) is 10.3. The van der Waals surface area contributed by atoms with Gasteiger partial charge in [0.05, 0.1) is 17.8 Å². The number of para-hydroxylation sites is 1. The van der Waals surface area contributed by atoms with E-state index in [1.165, 1.54) is 0 Å². The molecule has 30 heavy (non-hydrogen) atoms. The van der Waals surface area contributed by atoms with Crippen LogP contribution in [-0.2, 0) is 11.8 Å². The lowest BCUT2D eigenvalue weighted by Crippen LogP contribution is -2.37. The van der Waals surface area contributed by atoms with Crippen molar-refractivity contribution in [3.05, 3.63) is 83.4 Å². The first-order valence-electron chi connectivity index (χ1n) is 9.91. The van der Waals surface area contributed by atoms with Gasteiger partial charge in [0, 0.05) is 30.3 Å². The number of pyridine rings is 1. The van der Waals surface area contributed by atoms with Crippen molar-refractivity contribution < 1.29 is 4.79 Å². The number of nitrogens with one attached hydrogen (secondary N) is 2. The molecule has 2 aromatic heterocycles. The number of carbonyl (C=O) groups excluding carboxylic acids is 1. The van der Waals surface area contributed by atoms with Crippen LogP contribution in [0.1, 0.15) is 34.7 Å². The Morgan fingerprint density at radius 1 is 1.17 bits per heavy atom. The van der Waals surface area contributed by atoms with Gasteiger partial charge in [-0.3, -0.25) is 9.78 Å². The smallest absolute Gasteiger partial charge is 0.244 e. The molecule has 2 atom stereocenters. The molecule has 3 heterocycles. The van der Waals surface area contributed by atoms with E-state index in [1.807, 2.05) is 53.4 Å². The lowest BCUT2D eigenvalue weighted by molar-refractivity contribution is -0.116. The van der Waals surface area contributed by atoms with E-state index in [-0.39, 0.29) is 24.5 Å². The number of benzene rings is 1. The van der Waals surface area contributed by atoms with Crippen molar-refractivity contribution in [1.29, 1.82) is 0 Å². The maximum Gasteiger partial charge on any atom is 0.244 e. The number of rotatable bonds is 5. The lowest BCUT2D eigenvalue weighted by Gasteiger charge is -2.27. The third-order valence-corrected chi connectivity index (χ3v) is 6.05. The molecule has 3 aromatic rings. The van der Waals surface area contributed by atoms with Crippen LogP contribution in [0.15, 0.2) is 60.8 Å². The van der Waals surface area contributed by atoms with E-state index >= 15 is 0 Å². The topological polar surface area (TPSA) is 62.2 Å². The summed E-state index contributed by atoms with van der Waals surface area (Å²) in [7, 11) is 2.05. The first-order chi connectivity index (χ1) is 14.5. The molecular weight excluding hydrogens is 394 g/mol. The van der Waals surface area contributed by atoms with Gasteiger partial charge >= 0.3 is 0 Å². The average molecular weight is 420 g/mol. The monoisotopic (exact) mass is 419 g/mol. The fourth-order valence-electron chi connectivity index (χ4n) is 3.97. The number of nitrogens with zero attached hydrogens (tertiary/aromatic N) is 3. The standard InChI is InChI=1S/C23H25N5OS/c1-15-13-18(16(2)27(15)3)22-21(19-11-7-8-12-24-19)26-23(30)28(22)14-20(29)25-17-9-5-4-6-10-17/h4-13,21-22H,14H2,1-3H3,(H,25,29)(H,26,30)/t21-,22-/m1/s1. The van der Waals surface area contributed by atoms with Gasteiger partial charge in [-0.1, -0.05) is 24.3 Å². The number of thiocarbonyl (C=S) groups is 1. The van der Waals surface area contributed by atoms with Crippen LogP contribution in [0.25, 0.3) is 0 Å². The Hall–Kier alpha value is -3.19. The molecule has 0 radical (unpaired) electrons. The summed E-state index contributed by atoms with van der Waals surface area (Å²) in [5.74, 6) is -0.109. The van der Waals surface area contributed by atoms with Crippen LogP contribution in [0, 0.1) is 13.8 Å². The third-order valence-electron chi connectivity index (χ3n) is 5.70. The second-order valence-corrected chi connectivity index (χ2v) is 7.94. The quantitative estimate of drug-likeness (QED) is 0.618. The Labute approximate surface area is 181 Å². The molecule has 1 amide bonds. The predicted octanol–water partition coefficient (Wildman–Crippen LogP) is 3.65. The lowest BCUT2D eigenvalue weighted by atomic mass is 9.97. The highest BCUT2D eigenvalue weighted by Gasteiger charge is 2.41. The summed E-state index contributed by atoms with van der Waals surface area (Å²) in [5, 5.41) is 6.91. The second-order valence-electron chi connectivity index (χ2n) is 7.55. The van der Waals surface area contributed by atoms with Crippen LogP contribution in [0.3, 0.4) is 0 Å². The maximum atomic E-state index is 12.8. The molecule has 1 aliphatic rings. The molecule has 2 N–H and O–H groups in total. The van der Waals surface area contributed by atoms with E-state index in [4.69, 9.17) is 12.2 Å². The number of carbonyl (C=O) groups is 1. The van der Waals surface area contributed by atoms with Crippen molar-refractivity contribution in [3.63, 3.8) is 0 Å². The van der Waals surface area contributed by atoms with Crippen LogP contribution in [0.4, 0.5) is 5.69 Å². The Bertz CT molecular complexity index is 1060. The molecular formula is C23H25N5OS. The molecule has 0 saturated carbocycles. The summed E-state index contributed by atoms with van der Waals surface area (Å²) >= 11 is 5.66. The van der Waals surface area contributed by atoms with Gasteiger partial charge in [-0.05, 0) is 62.0 Å². The highest BCUT2D eigenvalue weighted by atomic mass is 32.1. The summed E-state index contributed by atoms with van der Waals surface area (Å²) < 4.78 is 2.16. The fourth-order valence-corrected chi connectivity index (χ4v) is 4.28. The summed E-state index contributed by atoms with van der Waals surface area (Å²) in [6, 6.07) is 17.2. The van der Waals surface area contributed by atoms with Gasteiger partial charge in [0.2, 0.25) is 5.91 Å². The van der Waals surface area contributed by atoms with E-state index in [1.54, 1.807) is 6.20 Å². The number of hydrogen-bond acceptors (Lipinski definition) is 3. The van der Waals surface area contributed by atoms with Crippen molar-refractivity contribution in [2.75, 3.05) is 11.9 Å². The van der Waals surface area contributed by atoms with Gasteiger partial charge in [-0.15, -0.1) is 0 Å². The van der Waals surface area contributed by atoms with Gasteiger partial charge in [0.15, 0.2) is 5.11 Å². The van der Waals surface area contributed by atoms with Gasteiger partial charge in [-0.2, -0.15) is 0 Å². The molecule has 0 spiro atoms. The Morgan fingerprint density at radius 3 is 2.53 bits per heavy atom. The van der Waals surface area contributed by atoms with Gasteiger partial charge in [0.25, 0.3) is 0 Å². The van der Waals surface area contributed by atoms with E-state index in [0.717, 1.165) is 28.3 Å². The van der Waals surface area contributed by atoms with Crippen LogP contribution < -0.4 is 10.6 Å². The van der Waals surface area contributed by atoms with Crippen LogP contribution in [0.5, 0.6) is 0 Å². The molecule has 154 valence electrons. The van der Waals surface area contributed by atoms with Gasteiger partial charge in [-0.25, -0.2) is 0 Å². The molecule has 1 aliphatic heterocycles. The number of anilines is 1. The van der Waals surface area contributed by atoms with Crippen molar-refractivity contribution in [2.45, 2.75) is 25.9 Å². The largest absolute Gasteiger partial charge is 0.352 e. The Kier molecular flexibility index (Phi) is 5.55. The average Bonchev–Trinajstić information content (AvgIpc) is 3.20. The molecule has 0 aliphatic carbocycles. The van der Waals surface area contributed by atoms with E-state index in [0.29, 0.717) is 5.11 Å². The molecule has 0 unspecified atom stereocenters. The molecule has 1 saturated heterocycles. The molecule has 1 aromatic carbocycles. The molecule has 1 fully saturated rings. The number of aryl methyl sites for hydroxylation is 1. The minimum absolute atomic E-state index is 0.109. The molecule has 6 nitrogen and oxygen atoms in total. The third kappa shape index (κ3) is 3.80. The molecule has 0 bridgehead atoms. The number of hydrogen-bond donors (Lipinski definition) is 2. The first kappa shape index (κ1) is 20.1. The van der Waals surface area contributed by atoms with E-state index < -0.39 is 0 Å². The van der Waals surface area contributed by atoms with Gasteiger partial charge in [0.1, 0.15) is 6.54 Å². The normalized spacial score (nSPS) is 18.4. The maximum absolute atomic E-state index is 12.8. The molecule has 4 rings (SSSR count). The highest BCUT2D eigenvalue weighted by molar-refractivity contribution is 7.80.